The molecule has 5 heteroatoms. The highest BCUT2D eigenvalue weighted by Crippen LogP contribution is 2.33. The summed E-state index contributed by atoms with van der Waals surface area (Å²) in [6.45, 7) is 0.986. The first-order valence-corrected chi connectivity index (χ1v) is 8.41. The van der Waals surface area contributed by atoms with Gasteiger partial charge in [-0.05, 0) is 42.3 Å². The van der Waals surface area contributed by atoms with Crippen molar-refractivity contribution in [2.24, 2.45) is 0 Å². The number of anilines is 2. The SMILES string of the molecule is COc1cc2c(cc1NC(=O)Cc1cccs1)CCCCN2. The third-order valence-electron chi connectivity index (χ3n) is 3.80. The molecule has 1 aliphatic rings. The Labute approximate surface area is 134 Å². The van der Waals surface area contributed by atoms with Gasteiger partial charge in [0.15, 0.2) is 0 Å². The summed E-state index contributed by atoms with van der Waals surface area (Å²) >= 11 is 1.60. The molecule has 3 rings (SSSR count). The minimum absolute atomic E-state index is 0.0118. The van der Waals surface area contributed by atoms with Gasteiger partial charge in [0.25, 0.3) is 0 Å². The molecular formula is C17H20N2O2S. The third-order valence-corrected chi connectivity index (χ3v) is 4.68. The van der Waals surface area contributed by atoms with Gasteiger partial charge in [-0.25, -0.2) is 0 Å². The van der Waals surface area contributed by atoms with Crippen LogP contribution < -0.4 is 15.4 Å². The van der Waals surface area contributed by atoms with Crippen molar-refractivity contribution in [2.75, 3.05) is 24.3 Å². The van der Waals surface area contributed by atoms with Gasteiger partial charge in [0.1, 0.15) is 5.75 Å². The van der Waals surface area contributed by atoms with Crippen LogP contribution in [0.15, 0.2) is 29.6 Å². The molecule has 0 atom stereocenters. The lowest BCUT2D eigenvalue weighted by molar-refractivity contribution is -0.115. The highest BCUT2D eigenvalue weighted by Gasteiger charge is 2.15. The average molecular weight is 316 g/mol. The number of hydrogen-bond donors (Lipinski definition) is 2. The number of nitrogens with one attached hydrogen (secondary N) is 2. The summed E-state index contributed by atoms with van der Waals surface area (Å²) in [7, 11) is 1.63. The van der Waals surface area contributed by atoms with E-state index in [0.717, 1.165) is 42.1 Å². The lowest BCUT2D eigenvalue weighted by Gasteiger charge is -2.15. The number of aryl methyl sites for hydroxylation is 1. The maximum Gasteiger partial charge on any atom is 0.229 e. The van der Waals surface area contributed by atoms with Gasteiger partial charge in [-0.1, -0.05) is 6.07 Å². The zero-order valence-corrected chi connectivity index (χ0v) is 13.5. The van der Waals surface area contributed by atoms with Crippen LogP contribution in [-0.2, 0) is 17.6 Å². The Hall–Kier alpha value is -2.01. The minimum Gasteiger partial charge on any atom is -0.494 e. The molecule has 1 aliphatic heterocycles. The zero-order valence-electron chi connectivity index (χ0n) is 12.6. The molecule has 0 saturated heterocycles. The first-order chi connectivity index (χ1) is 10.8. The van der Waals surface area contributed by atoms with Crippen LogP contribution in [0.1, 0.15) is 23.3 Å². The summed E-state index contributed by atoms with van der Waals surface area (Å²) in [5.74, 6) is 0.690. The van der Waals surface area contributed by atoms with E-state index in [4.69, 9.17) is 4.74 Å². The molecule has 0 bridgehead atoms. The van der Waals surface area contributed by atoms with Crippen molar-refractivity contribution in [1.82, 2.24) is 0 Å². The van der Waals surface area contributed by atoms with Crippen molar-refractivity contribution >= 4 is 28.6 Å². The molecule has 22 heavy (non-hydrogen) atoms. The number of hydrogen-bond acceptors (Lipinski definition) is 4. The number of carbonyl (C=O) groups is 1. The molecule has 2 N–H and O–H groups in total. The van der Waals surface area contributed by atoms with Crippen LogP contribution in [-0.4, -0.2) is 19.6 Å². The fourth-order valence-electron chi connectivity index (χ4n) is 2.69. The summed E-state index contributed by atoms with van der Waals surface area (Å²) in [6.07, 6.45) is 3.75. The number of ether oxygens (including phenoxy) is 1. The summed E-state index contributed by atoms with van der Waals surface area (Å²) < 4.78 is 5.44. The summed E-state index contributed by atoms with van der Waals surface area (Å²) in [5, 5.41) is 8.39. The second-order valence-corrected chi connectivity index (χ2v) is 6.43. The van der Waals surface area contributed by atoms with Gasteiger partial charge in [-0.3, -0.25) is 4.79 Å². The maximum absolute atomic E-state index is 12.2. The van der Waals surface area contributed by atoms with Crippen LogP contribution in [0.25, 0.3) is 0 Å². The Morgan fingerprint density at radius 1 is 1.41 bits per heavy atom. The third kappa shape index (κ3) is 3.42. The van der Waals surface area contributed by atoms with E-state index in [-0.39, 0.29) is 5.91 Å². The Morgan fingerprint density at radius 2 is 2.32 bits per heavy atom. The van der Waals surface area contributed by atoms with Crippen molar-refractivity contribution in [2.45, 2.75) is 25.7 Å². The smallest absolute Gasteiger partial charge is 0.229 e. The summed E-state index contributed by atoms with van der Waals surface area (Å²) in [5.41, 5.74) is 3.11. The van der Waals surface area contributed by atoms with Crippen LogP contribution in [0.2, 0.25) is 0 Å². The molecule has 0 saturated carbocycles. The second-order valence-electron chi connectivity index (χ2n) is 5.40. The Kier molecular flexibility index (Phi) is 4.63. The first kappa shape index (κ1) is 14.9. The highest BCUT2D eigenvalue weighted by atomic mass is 32.1. The fraction of sp³-hybridized carbons (Fsp3) is 0.353. The van der Waals surface area contributed by atoms with Gasteiger partial charge < -0.3 is 15.4 Å². The largest absolute Gasteiger partial charge is 0.494 e. The Bertz CT molecular complexity index is 653. The van der Waals surface area contributed by atoms with E-state index < -0.39 is 0 Å². The zero-order chi connectivity index (χ0) is 15.4. The molecule has 2 heterocycles. The number of amides is 1. The van der Waals surface area contributed by atoms with Crippen molar-refractivity contribution in [3.05, 3.63) is 40.1 Å². The van der Waals surface area contributed by atoms with E-state index in [1.165, 1.54) is 5.56 Å². The van der Waals surface area contributed by atoms with Crippen LogP contribution in [0.3, 0.4) is 0 Å². The van der Waals surface area contributed by atoms with Gasteiger partial charge in [-0.15, -0.1) is 11.3 Å². The Morgan fingerprint density at radius 3 is 3.09 bits per heavy atom. The average Bonchev–Trinajstić information content (AvgIpc) is 2.90. The van der Waals surface area contributed by atoms with E-state index in [9.17, 15) is 4.79 Å². The van der Waals surface area contributed by atoms with Crippen molar-refractivity contribution < 1.29 is 9.53 Å². The van der Waals surface area contributed by atoms with Crippen molar-refractivity contribution in [1.29, 1.82) is 0 Å². The second kappa shape index (κ2) is 6.83. The van der Waals surface area contributed by atoms with Crippen LogP contribution in [0.4, 0.5) is 11.4 Å². The van der Waals surface area contributed by atoms with Gasteiger partial charge in [-0.2, -0.15) is 0 Å². The first-order valence-electron chi connectivity index (χ1n) is 7.53. The molecule has 0 radical (unpaired) electrons. The van der Waals surface area contributed by atoms with Crippen LogP contribution >= 0.6 is 11.3 Å². The van der Waals surface area contributed by atoms with Crippen LogP contribution in [0.5, 0.6) is 5.75 Å². The molecule has 1 aromatic carbocycles. The number of methoxy groups -OCH3 is 1. The molecule has 0 aliphatic carbocycles. The number of fused-ring (bicyclic) bond motifs is 1. The monoisotopic (exact) mass is 316 g/mol. The molecule has 2 aromatic rings. The van der Waals surface area contributed by atoms with E-state index in [2.05, 4.69) is 10.6 Å². The molecule has 116 valence electrons. The summed E-state index contributed by atoms with van der Waals surface area (Å²) in [4.78, 5) is 13.3. The summed E-state index contributed by atoms with van der Waals surface area (Å²) in [6, 6.07) is 7.96. The van der Waals surface area contributed by atoms with Gasteiger partial charge >= 0.3 is 0 Å². The quantitative estimate of drug-likeness (QED) is 0.904. The molecule has 4 nitrogen and oxygen atoms in total. The van der Waals surface area contributed by atoms with E-state index >= 15 is 0 Å². The minimum atomic E-state index is -0.0118. The van der Waals surface area contributed by atoms with Crippen LogP contribution in [0, 0.1) is 0 Å². The van der Waals surface area contributed by atoms with E-state index in [1.807, 2.05) is 29.6 Å². The molecule has 0 fully saturated rings. The maximum atomic E-state index is 12.2. The predicted octanol–water partition coefficient (Wildman–Crippen LogP) is 3.69. The number of benzene rings is 1. The van der Waals surface area contributed by atoms with Gasteiger partial charge in [0.2, 0.25) is 5.91 Å². The Balaban J connectivity index is 1.79. The molecule has 0 spiro atoms. The number of rotatable bonds is 4. The van der Waals surface area contributed by atoms with E-state index in [1.54, 1.807) is 18.4 Å². The molecular weight excluding hydrogens is 296 g/mol. The lowest BCUT2D eigenvalue weighted by atomic mass is 10.1. The van der Waals surface area contributed by atoms with E-state index in [0.29, 0.717) is 12.2 Å². The standard InChI is InChI=1S/C17H20N2O2S/c1-21-16-11-14-12(5-2-3-7-18-14)9-15(16)19-17(20)10-13-6-4-8-22-13/h4,6,8-9,11,18H,2-3,5,7,10H2,1H3,(H,19,20). The molecule has 0 unspecified atom stereocenters. The normalized spacial score (nSPS) is 13.7. The molecule has 1 aromatic heterocycles. The fourth-order valence-corrected chi connectivity index (χ4v) is 3.40. The van der Waals surface area contributed by atoms with Crippen molar-refractivity contribution in [3.63, 3.8) is 0 Å². The molecule has 1 amide bonds. The van der Waals surface area contributed by atoms with Gasteiger partial charge in [0, 0.05) is 23.2 Å². The highest BCUT2D eigenvalue weighted by molar-refractivity contribution is 7.10. The lowest BCUT2D eigenvalue weighted by Crippen LogP contribution is -2.15. The topological polar surface area (TPSA) is 50.4 Å². The number of thiophene rings is 1. The number of carbonyl (C=O) groups excluding carboxylic acids is 1. The van der Waals surface area contributed by atoms with Gasteiger partial charge in [0.05, 0.1) is 19.2 Å². The predicted molar refractivity (Wildman–Crippen MR) is 91.1 cm³/mol. The van der Waals surface area contributed by atoms with Crippen molar-refractivity contribution in [3.8, 4) is 5.75 Å².